The summed E-state index contributed by atoms with van der Waals surface area (Å²) >= 11 is 0. The van der Waals surface area contributed by atoms with Gasteiger partial charge in [-0.3, -0.25) is 29.5 Å². The average molecular weight is 784 g/mol. The number of benzene rings is 3. The van der Waals surface area contributed by atoms with Crippen LogP contribution < -0.4 is 15.5 Å². The average Bonchev–Trinajstić information content (AvgIpc) is 3.59. The monoisotopic (exact) mass is 783 g/mol. The summed E-state index contributed by atoms with van der Waals surface area (Å²) in [6.07, 6.45) is 2.83. The van der Waals surface area contributed by atoms with Crippen molar-refractivity contribution in [1.82, 2.24) is 34.6 Å². The largest absolute Gasteiger partial charge is 0.395 e. The molecule has 3 N–H and O–H groups in total. The number of nitrogens with one attached hydrogen (secondary N) is 2. The fourth-order valence-corrected chi connectivity index (χ4v) is 8.51. The van der Waals surface area contributed by atoms with E-state index in [1.807, 2.05) is 39.7 Å². The molecule has 0 aliphatic carbocycles. The highest BCUT2D eigenvalue weighted by atomic mass is 16.3. The van der Waals surface area contributed by atoms with Crippen molar-refractivity contribution in [2.45, 2.75) is 38.5 Å². The van der Waals surface area contributed by atoms with E-state index in [9.17, 15) is 19.5 Å². The van der Waals surface area contributed by atoms with Crippen LogP contribution in [0.3, 0.4) is 0 Å². The summed E-state index contributed by atoms with van der Waals surface area (Å²) in [7, 11) is 0. The number of aryl methyl sites for hydroxylation is 2. The predicted octanol–water partition coefficient (Wildman–Crippen LogP) is 4.20. The van der Waals surface area contributed by atoms with Crippen molar-refractivity contribution in [3.8, 4) is 22.4 Å². The van der Waals surface area contributed by atoms with Gasteiger partial charge in [-0.1, -0.05) is 60.7 Å². The van der Waals surface area contributed by atoms with Gasteiger partial charge in [0, 0.05) is 88.2 Å². The van der Waals surface area contributed by atoms with Crippen LogP contribution in [0.2, 0.25) is 0 Å². The Morgan fingerprint density at radius 3 is 2.31 bits per heavy atom. The number of piperidine rings is 1. The first kappa shape index (κ1) is 39.2. The van der Waals surface area contributed by atoms with E-state index in [0.29, 0.717) is 32.5 Å². The second-order valence-electron chi connectivity index (χ2n) is 15.6. The highest BCUT2D eigenvalue weighted by Gasteiger charge is 2.28. The van der Waals surface area contributed by atoms with E-state index in [-0.39, 0.29) is 36.8 Å². The minimum atomic E-state index is -0.320. The molecule has 13 heteroatoms. The molecule has 1 atom stereocenters. The van der Waals surface area contributed by atoms with E-state index in [1.54, 1.807) is 0 Å². The second kappa shape index (κ2) is 17.9. The minimum Gasteiger partial charge on any atom is -0.395 e. The lowest BCUT2D eigenvalue weighted by Crippen LogP contribution is -2.50. The number of aromatic nitrogens is 3. The Labute approximate surface area is 339 Å². The number of carbonyl (C=O) groups is 3. The van der Waals surface area contributed by atoms with Crippen LogP contribution in [0.5, 0.6) is 0 Å². The predicted molar refractivity (Wildman–Crippen MR) is 226 cm³/mol. The van der Waals surface area contributed by atoms with E-state index in [4.69, 9.17) is 10.1 Å². The molecule has 3 aliphatic heterocycles. The molecule has 1 unspecified atom stereocenters. The zero-order chi connectivity index (χ0) is 40.0. The molecule has 3 aromatic carbocycles. The first-order valence-electron chi connectivity index (χ1n) is 20.6. The first-order chi connectivity index (χ1) is 28.3. The van der Waals surface area contributed by atoms with Crippen LogP contribution in [0.25, 0.3) is 28.0 Å². The number of aliphatic hydroxyl groups excluding tert-OH is 1. The Balaban J connectivity index is 0.865. The lowest BCUT2D eigenvalue weighted by Gasteiger charge is -2.35. The van der Waals surface area contributed by atoms with E-state index < -0.39 is 0 Å². The molecule has 13 nitrogen and oxygen atoms in total. The van der Waals surface area contributed by atoms with Gasteiger partial charge in [-0.2, -0.15) is 9.61 Å². The lowest BCUT2D eigenvalue weighted by molar-refractivity contribution is -0.134. The number of hydrogen-bond donors (Lipinski definition) is 3. The molecule has 5 aromatic rings. The Morgan fingerprint density at radius 1 is 0.845 bits per heavy atom. The van der Waals surface area contributed by atoms with Crippen LogP contribution in [0.4, 0.5) is 11.5 Å². The van der Waals surface area contributed by atoms with Gasteiger partial charge in [0.2, 0.25) is 17.7 Å². The van der Waals surface area contributed by atoms with Crippen LogP contribution in [0, 0.1) is 6.92 Å². The van der Waals surface area contributed by atoms with Crippen molar-refractivity contribution >= 4 is 34.9 Å². The summed E-state index contributed by atoms with van der Waals surface area (Å²) in [6.45, 7) is 10.7. The molecular formula is C45H53N9O4. The smallest absolute Gasteiger partial charge is 0.241 e. The molecule has 58 heavy (non-hydrogen) atoms. The maximum atomic E-state index is 13.1. The number of aliphatic hydroxyl groups is 1. The minimum absolute atomic E-state index is 0.0756. The first-order valence-corrected chi connectivity index (χ1v) is 20.6. The molecule has 3 fully saturated rings. The number of hydrogen-bond acceptors (Lipinski definition) is 10. The molecule has 0 bridgehead atoms. The number of piperazine rings is 2. The summed E-state index contributed by atoms with van der Waals surface area (Å²) in [5.41, 5.74) is 8.94. The van der Waals surface area contributed by atoms with Crippen LogP contribution in [0.15, 0.2) is 84.9 Å². The number of nitrogens with zero attached hydrogens (tertiary/aromatic N) is 7. The summed E-state index contributed by atoms with van der Waals surface area (Å²) in [6, 6.07) is 28.9. The van der Waals surface area contributed by atoms with Gasteiger partial charge in [0.25, 0.3) is 0 Å². The Bertz CT molecular complexity index is 2230. The molecule has 5 heterocycles. The van der Waals surface area contributed by atoms with Crippen LogP contribution in [-0.4, -0.2) is 131 Å². The number of carbonyl (C=O) groups excluding carboxylic acids is 3. The number of imide groups is 1. The van der Waals surface area contributed by atoms with E-state index in [2.05, 4.69) is 86.9 Å². The van der Waals surface area contributed by atoms with E-state index >= 15 is 0 Å². The van der Waals surface area contributed by atoms with Gasteiger partial charge >= 0.3 is 0 Å². The lowest BCUT2D eigenvalue weighted by atomic mass is 9.90. The van der Waals surface area contributed by atoms with E-state index in [1.165, 1.54) is 5.56 Å². The highest BCUT2D eigenvalue weighted by molar-refractivity contribution is 6.01. The fraction of sp³-hybridized carbons (Fsp3) is 0.400. The maximum absolute atomic E-state index is 13.1. The van der Waals surface area contributed by atoms with Gasteiger partial charge in [-0.05, 0) is 67.6 Å². The number of β-amino-alcohol motifs (C(OH)–C–C–N with tert-alkyl or cyclic N) is 1. The topological polar surface area (TPSA) is 139 Å². The fourth-order valence-electron chi connectivity index (χ4n) is 8.51. The number of amides is 3. The van der Waals surface area contributed by atoms with Gasteiger partial charge < -0.3 is 20.2 Å². The SMILES string of the molecule is Cc1nn2c(N3CCN(CCO)CC3)cc(-c3cccc(CCCN4CCN(C(=O)CNc5ccc(C6CCC(=O)NC6=O)cc5)CC4)c3)nc2c1-c1ccccc1. The van der Waals surface area contributed by atoms with Crippen molar-refractivity contribution in [3.63, 3.8) is 0 Å². The number of rotatable bonds is 13. The van der Waals surface area contributed by atoms with Crippen molar-refractivity contribution in [2.75, 3.05) is 88.8 Å². The van der Waals surface area contributed by atoms with Crippen LogP contribution >= 0.6 is 0 Å². The van der Waals surface area contributed by atoms with Crippen LogP contribution in [-0.2, 0) is 20.8 Å². The molecular weight excluding hydrogens is 731 g/mol. The third-order valence-electron chi connectivity index (χ3n) is 11.8. The summed E-state index contributed by atoms with van der Waals surface area (Å²) in [4.78, 5) is 51.1. The third kappa shape index (κ3) is 8.91. The zero-order valence-electron chi connectivity index (χ0n) is 33.3. The normalized spacial score (nSPS) is 18.1. The Morgan fingerprint density at radius 2 is 1.57 bits per heavy atom. The van der Waals surface area contributed by atoms with E-state index in [0.717, 1.165) is 109 Å². The highest BCUT2D eigenvalue weighted by Crippen LogP contribution is 2.33. The standard InChI is InChI=1S/C45H53N9O4/c1-32-43(35-9-3-2-4-10-35)44-47-39(30-41(54(44)49-32)52-23-19-51(20-24-52)27-28-55)36-11-5-7-33(29-36)8-6-18-50-21-25-53(26-22-50)42(57)31-46-37-14-12-34(13-15-37)38-16-17-40(56)48-45(38)58/h2-5,7,9-15,29-30,38,46,55H,6,8,16-28,31H2,1H3,(H,48,56,58). The van der Waals surface area contributed by atoms with Crippen molar-refractivity contribution in [2.24, 2.45) is 0 Å². The molecule has 0 spiro atoms. The molecule has 3 saturated heterocycles. The maximum Gasteiger partial charge on any atom is 0.241 e. The van der Waals surface area contributed by atoms with Gasteiger partial charge in [0.05, 0.1) is 30.5 Å². The van der Waals surface area contributed by atoms with Gasteiger partial charge in [0.15, 0.2) is 5.65 Å². The van der Waals surface area contributed by atoms with Gasteiger partial charge in [-0.25, -0.2) is 4.98 Å². The Kier molecular flexibility index (Phi) is 12.1. The second-order valence-corrected chi connectivity index (χ2v) is 15.6. The summed E-state index contributed by atoms with van der Waals surface area (Å²) < 4.78 is 2.02. The van der Waals surface area contributed by atoms with Crippen molar-refractivity contribution in [3.05, 3.63) is 102 Å². The molecule has 0 saturated carbocycles. The van der Waals surface area contributed by atoms with Crippen molar-refractivity contribution < 1.29 is 19.5 Å². The summed E-state index contributed by atoms with van der Waals surface area (Å²) in [5.74, 6) is 0.324. The molecule has 2 aromatic heterocycles. The molecule has 302 valence electrons. The molecule has 8 rings (SSSR count). The van der Waals surface area contributed by atoms with Crippen molar-refractivity contribution in [1.29, 1.82) is 0 Å². The van der Waals surface area contributed by atoms with Gasteiger partial charge in [-0.15, -0.1) is 0 Å². The molecule has 0 radical (unpaired) electrons. The quantitative estimate of drug-likeness (QED) is 0.149. The number of fused-ring (bicyclic) bond motifs is 1. The molecule has 3 amide bonds. The van der Waals surface area contributed by atoms with Gasteiger partial charge in [0.1, 0.15) is 5.82 Å². The van der Waals surface area contributed by atoms with Crippen LogP contribution in [0.1, 0.15) is 42.0 Å². The Hall–Kier alpha value is -5.63. The number of anilines is 2. The summed E-state index contributed by atoms with van der Waals surface area (Å²) in [5, 5.41) is 20.2. The zero-order valence-corrected chi connectivity index (χ0v) is 33.3. The molecule has 3 aliphatic rings. The third-order valence-corrected chi connectivity index (χ3v) is 11.8.